The van der Waals surface area contributed by atoms with Gasteiger partial charge < -0.3 is 19.9 Å². The van der Waals surface area contributed by atoms with Gasteiger partial charge in [0, 0.05) is 27.9 Å². The van der Waals surface area contributed by atoms with Gasteiger partial charge in [-0.1, -0.05) is 12.8 Å². The van der Waals surface area contributed by atoms with Gasteiger partial charge in [-0.05, 0) is 102 Å². The number of aromatic amines is 1. The Bertz CT molecular complexity index is 1270. The molecule has 0 aliphatic heterocycles. The number of hydrogen-bond donors (Lipinski definition) is 3. The van der Waals surface area contributed by atoms with Gasteiger partial charge in [-0.25, -0.2) is 9.78 Å². The van der Waals surface area contributed by atoms with Crippen molar-refractivity contribution in [3.8, 4) is 16.9 Å². The zero-order valence-corrected chi connectivity index (χ0v) is 21.5. The van der Waals surface area contributed by atoms with Crippen LogP contribution >= 0.6 is 0 Å². The van der Waals surface area contributed by atoms with Crippen LogP contribution in [0, 0.1) is 40.5 Å². The first-order chi connectivity index (χ1) is 15.7. The Labute approximate surface area is 201 Å². The highest BCUT2D eigenvalue weighted by Crippen LogP contribution is 2.50. The minimum atomic E-state index is -1.54. The fraction of sp³-hybridized carbons (Fsp3) is 0.500. The van der Waals surface area contributed by atoms with Crippen molar-refractivity contribution in [3.63, 3.8) is 0 Å². The second-order valence-corrected chi connectivity index (χ2v) is 11.0. The van der Waals surface area contributed by atoms with E-state index >= 15 is 0 Å². The number of carboxylic acids is 1. The van der Waals surface area contributed by atoms with Gasteiger partial charge in [-0.15, -0.1) is 0 Å². The minimum Gasteiger partial charge on any atom is -0.507 e. The summed E-state index contributed by atoms with van der Waals surface area (Å²) < 4.78 is 6.55. The number of rotatable bonds is 6. The van der Waals surface area contributed by atoms with Gasteiger partial charge in [0.05, 0.1) is 5.60 Å². The fourth-order valence-electron chi connectivity index (χ4n) is 5.19. The van der Waals surface area contributed by atoms with Crippen LogP contribution in [0.3, 0.4) is 0 Å². The van der Waals surface area contributed by atoms with Crippen molar-refractivity contribution in [3.05, 3.63) is 45.8 Å². The van der Waals surface area contributed by atoms with E-state index in [1.54, 1.807) is 0 Å². The summed E-state index contributed by atoms with van der Waals surface area (Å²) in [6.45, 7) is 15.4. The minimum absolute atomic E-state index is 0.253. The molecule has 4 rings (SSSR count). The average molecular weight is 465 g/mol. The van der Waals surface area contributed by atoms with Gasteiger partial charge in [-0.3, -0.25) is 0 Å². The van der Waals surface area contributed by atoms with Gasteiger partial charge in [0.15, 0.2) is 5.60 Å². The van der Waals surface area contributed by atoms with Gasteiger partial charge >= 0.3 is 5.97 Å². The highest BCUT2D eigenvalue weighted by molar-refractivity contribution is 6.01. The molecular weight excluding hydrogens is 428 g/mol. The Kier molecular flexibility index (Phi) is 5.80. The number of benzene rings is 1. The molecular formula is C28H36N2O4. The first-order valence-electron chi connectivity index (χ1n) is 12.0. The maximum Gasteiger partial charge on any atom is 0.340 e. The summed E-state index contributed by atoms with van der Waals surface area (Å²) in [7, 11) is 0. The van der Waals surface area contributed by atoms with Crippen LogP contribution in [-0.4, -0.2) is 31.8 Å². The Morgan fingerprint density at radius 3 is 2.21 bits per heavy atom. The third kappa shape index (κ3) is 4.09. The van der Waals surface area contributed by atoms with E-state index in [-0.39, 0.29) is 5.75 Å². The average Bonchev–Trinajstić information content (AvgIpc) is 3.47. The lowest BCUT2D eigenvalue weighted by Crippen LogP contribution is -2.46. The Morgan fingerprint density at radius 2 is 1.71 bits per heavy atom. The predicted octanol–water partition coefficient (Wildman–Crippen LogP) is 6.37. The highest BCUT2D eigenvalue weighted by atomic mass is 16.5. The van der Waals surface area contributed by atoms with Crippen LogP contribution in [0.2, 0.25) is 0 Å². The largest absolute Gasteiger partial charge is 0.507 e. The standard InChI is InChI=1S/C28H36N2O4/c1-14-11-20(12-15(2)24(14)31)22-21-16(3)17(4)29-25(21)30-18(5)23(22)28(26(32)33,13-19-9-10-19)34-27(6,7)8/h11-12,19,31H,9-10,13H2,1-8H3,(H,29,30)(H,32,33)/t28-/m0/s1. The van der Waals surface area contributed by atoms with Crippen LogP contribution in [0.1, 0.15) is 73.7 Å². The molecule has 1 fully saturated rings. The zero-order valence-electron chi connectivity index (χ0n) is 21.5. The lowest BCUT2D eigenvalue weighted by molar-refractivity contribution is -0.190. The van der Waals surface area contributed by atoms with Crippen molar-refractivity contribution in [2.45, 2.75) is 85.9 Å². The first kappa shape index (κ1) is 24.3. The second-order valence-electron chi connectivity index (χ2n) is 11.0. The lowest BCUT2D eigenvalue weighted by atomic mass is 9.79. The SMILES string of the molecule is Cc1cc(-c2c([C@](CC3CC3)(OC(C)(C)C)C(=O)O)c(C)nc3[nH]c(C)c(C)c23)cc(C)c1O. The molecule has 3 N–H and O–H groups in total. The van der Waals surface area contributed by atoms with Crippen molar-refractivity contribution < 1.29 is 19.7 Å². The number of nitrogens with one attached hydrogen (secondary N) is 1. The maximum absolute atomic E-state index is 13.2. The first-order valence-corrected chi connectivity index (χ1v) is 12.0. The number of ether oxygens (including phenoxy) is 1. The molecule has 1 aromatic carbocycles. The summed E-state index contributed by atoms with van der Waals surface area (Å²) in [5, 5.41) is 22.2. The van der Waals surface area contributed by atoms with Crippen LogP contribution in [0.15, 0.2) is 12.1 Å². The highest BCUT2D eigenvalue weighted by Gasteiger charge is 2.51. The van der Waals surface area contributed by atoms with Crippen molar-refractivity contribution in [1.82, 2.24) is 9.97 Å². The monoisotopic (exact) mass is 464 g/mol. The molecule has 3 aromatic rings. The summed E-state index contributed by atoms with van der Waals surface area (Å²) >= 11 is 0. The molecule has 34 heavy (non-hydrogen) atoms. The second kappa shape index (κ2) is 8.12. The fourth-order valence-corrected chi connectivity index (χ4v) is 5.19. The molecule has 1 atom stereocenters. The molecule has 0 unspecified atom stereocenters. The third-order valence-corrected chi connectivity index (χ3v) is 6.90. The number of hydrogen-bond acceptors (Lipinski definition) is 4. The van der Waals surface area contributed by atoms with E-state index in [2.05, 4.69) is 4.98 Å². The normalized spacial score (nSPS) is 16.1. The molecule has 2 aromatic heterocycles. The summed E-state index contributed by atoms with van der Waals surface area (Å²) in [6.07, 6.45) is 2.41. The molecule has 1 aliphatic rings. The van der Waals surface area contributed by atoms with E-state index in [9.17, 15) is 15.0 Å². The summed E-state index contributed by atoms with van der Waals surface area (Å²) in [6, 6.07) is 3.87. The Morgan fingerprint density at radius 1 is 1.12 bits per heavy atom. The van der Waals surface area contributed by atoms with Crippen LogP contribution in [0.25, 0.3) is 22.2 Å². The summed E-state index contributed by atoms with van der Waals surface area (Å²) in [5.74, 6) is -0.432. The number of nitrogens with zero attached hydrogens (tertiary/aromatic N) is 1. The van der Waals surface area contributed by atoms with Crippen molar-refractivity contribution in [2.24, 2.45) is 5.92 Å². The Balaban J connectivity index is 2.19. The van der Waals surface area contributed by atoms with Crippen molar-refractivity contribution >= 4 is 17.0 Å². The van der Waals surface area contributed by atoms with Crippen molar-refractivity contribution in [2.75, 3.05) is 0 Å². The zero-order chi connectivity index (χ0) is 25.2. The smallest absolute Gasteiger partial charge is 0.340 e. The number of phenols is 1. The number of phenolic OH excluding ortho intramolecular Hbond substituents is 1. The topological polar surface area (TPSA) is 95.4 Å². The Hall–Kier alpha value is -2.86. The van der Waals surface area contributed by atoms with Crippen LogP contribution in [-0.2, 0) is 15.1 Å². The number of aromatic nitrogens is 2. The number of carbonyl (C=O) groups is 1. The number of pyridine rings is 1. The number of H-pyrrole nitrogens is 1. The number of fused-ring (bicyclic) bond motifs is 1. The number of aromatic hydroxyl groups is 1. The van der Waals surface area contributed by atoms with Crippen LogP contribution in [0.4, 0.5) is 0 Å². The molecule has 182 valence electrons. The molecule has 6 nitrogen and oxygen atoms in total. The summed E-state index contributed by atoms with van der Waals surface area (Å²) in [5.41, 5.74) is 4.95. The molecule has 0 bridgehead atoms. The molecule has 0 spiro atoms. The maximum atomic E-state index is 13.2. The molecule has 2 heterocycles. The number of carboxylic acid groups (broad SMARTS) is 1. The van der Waals surface area contributed by atoms with Crippen molar-refractivity contribution in [1.29, 1.82) is 0 Å². The van der Waals surface area contributed by atoms with E-state index < -0.39 is 17.2 Å². The molecule has 1 saturated carbocycles. The van der Waals surface area contributed by atoms with E-state index in [1.165, 1.54) is 0 Å². The van der Waals surface area contributed by atoms with E-state index in [4.69, 9.17) is 9.72 Å². The molecule has 1 aliphatic carbocycles. The van der Waals surface area contributed by atoms with Gasteiger partial charge in [-0.2, -0.15) is 0 Å². The third-order valence-electron chi connectivity index (χ3n) is 6.90. The van der Waals surface area contributed by atoms with Gasteiger partial charge in [0.25, 0.3) is 0 Å². The van der Waals surface area contributed by atoms with Gasteiger partial charge in [0.2, 0.25) is 0 Å². The molecule has 6 heteroatoms. The van der Waals surface area contributed by atoms with Crippen LogP contribution in [0.5, 0.6) is 5.75 Å². The molecule has 0 saturated heterocycles. The quantitative estimate of drug-likeness (QED) is 0.394. The van der Waals surface area contributed by atoms with Gasteiger partial charge in [0.1, 0.15) is 11.4 Å². The molecule has 0 radical (unpaired) electrons. The predicted molar refractivity (Wildman–Crippen MR) is 134 cm³/mol. The summed E-state index contributed by atoms with van der Waals surface area (Å²) in [4.78, 5) is 21.5. The molecule has 0 amide bonds. The lowest BCUT2D eigenvalue weighted by Gasteiger charge is -2.39. The van der Waals surface area contributed by atoms with E-state index in [0.29, 0.717) is 23.6 Å². The van der Waals surface area contributed by atoms with E-state index in [0.717, 1.165) is 57.4 Å². The van der Waals surface area contributed by atoms with E-state index in [1.807, 2.05) is 67.5 Å². The number of aryl methyl sites for hydroxylation is 5. The number of aliphatic carboxylic acids is 1. The van der Waals surface area contributed by atoms with Crippen LogP contribution < -0.4 is 0 Å².